The molecule has 2 aliphatic rings. The van der Waals surface area contributed by atoms with Gasteiger partial charge in [0.15, 0.2) is 0 Å². The maximum Gasteiger partial charge on any atom is 0.327 e. The smallest absolute Gasteiger partial charge is 0.312 e. The van der Waals surface area contributed by atoms with Crippen LogP contribution in [0.3, 0.4) is 0 Å². The second-order valence-electron chi connectivity index (χ2n) is 7.90. The van der Waals surface area contributed by atoms with E-state index in [1.807, 2.05) is 48.5 Å². The minimum absolute atomic E-state index is 0.107. The third-order valence-electron chi connectivity index (χ3n) is 6.05. The van der Waals surface area contributed by atoms with Crippen LogP contribution in [-0.4, -0.2) is 63.8 Å². The number of amides is 3. The molecule has 2 saturated heterocycles. The van der Waals surface area contributed by atoms with Gasteiger partial charge in [-0.15, -0.1) is 0 Å². The first kappa shape index (κ1) is 20.6. The molecule has 0 atom stereocenters. The molecule has 6 nitrogen and oxygen atoms in total. The summed E-state index contributed by atoms with van der Waals surface area (Å²) in [5.74, 6) is -0.107. The Kier molecular flexibility index (Phi) is 5.88. The quantitative estimate of drug-likeness (QED) is 0.688. The molecule has 156 valence electrons. The fraction of sp³-hybridized carbons (Fsp3) is 0.348. The number of benzene rings is 1. The Morgan fingerprint density at radius 3 is 2.53 bits per heavy atom. The normalized spacial score (nSPS) is 19.7. The van der Waals surface area contributed by atoms with Gasteiger partial charge < -0.3 is 4.90 Å². The van der Waals surface area contributed by atoms with Crippen molar-refractivity contribution in [3.05, 3.63) is 71.0 Å². The fourth-order valence-corrected chi connectivity index (χ4v) is 4.57. The summed E-state index contributed by atoms with van der Waals surface area (Å²) in [6.45, 7) is 2.32. The molecule has 2 fully saturated rings. The molecule has 1 spiro atoms. The van der Waals surface area contributed by atoms with Crippen LogP contribution in [-0.2, 0) is 11.3 Å². The molecule has 3 heterocycles. The number of hydrogen-bond acceptors (Lipinski definition) is 4. The van der Waals surface area contributed by atoms with Crippen molar-refractivity contribution in [2.75, 3.05) is 26.7 Å². The third-order valence-corrected chi connectivity index (χ3v) is 6.28. The number of imide groups is 1. The van der Waals surface area contributed by atoms with Crippen LogP contribution in [0, 0.1) is 0 Å². The lowest BCUT2D eigenvalue weighted by molar-refractivity contribution is -0.135. The van der Waals surface area contributed by atoms with Gasteiger partial charge in [0.1, 0.15) is 5.54 Å². The van der Waals surface area contributed by atoms with E-state index < -0.39 is 5.54 Å². The van der Waals surface area contributed by atoms with E-state index in [4.69, 9.17) is 11.6 Å². The molecule has 0 N–H and O–H groups in total. The van der Waals surface area contributed by atoms with Gasteiger partial charge >= 0.3 is 6.03 Å². The highest BCUT2D eigenvalue weighted by Crippen LogP contribution is 2.37. The van der Waals surface area contributed by atoms with Crippen molar-refractivity contribution in [2.45, 2.75) is 24.9 Å². The first-order chi connectivity index (χ1) is 14.5. The number of hydrogen-bond donors (Lipinski definition) is 0. The van der Waals surface area contributed by atoms with E-state index in [-0.39, 0.29) is 18.5 Å². The van der Waals surface area contributed by atoms with Gasteiger partial charge in [-0.25, -0.2) is 4.79 Å². The summed E-state index contributed by atoms with van der Waals surface area (Å²) in [6.07, 6.45) is 6.55. The molecule has 2 aliphatic heterocycles. The molecular weight excluding hydrogens is 400 g/mol. The maximum absolute atomic E-state index is 13.3. The predicted octanol–water partition coefficient (Wildman–Crippen LogP) is 3.59. The van der Waals surface area contributed by atoms with Crippen LogP contribution in [0.2, 0.25) is 0 Å². The highest BCUT2D eigenvalue weighted by molar-refractivity contribution is 6.31. The number of piperidine rings is 1. The molecule has 7 heteroatoms. The molecule has 4 rings (SSSR count). The fourth-order valence-electron chi connectivity index (χ4n) is 4.28. The van der Waals surface area contributed by atoms with Gasteiger partial charge in [-0.1, -0.05) is 48.0 Å². The molecule has 1 aromatic carbocycles. The van der Waals surface area contributed by atoms with Crippen LogP contribution < -0.4 is 0 Å². The van der Waals surface area contributed by atoms with Crippen molar-refractivity contribution in [3.8, 4) is 0 Å². The average Bonchev–Trinajstić information content (AvgIpc) is 2.93. The van der Waals surface area contributed by atoms with Crippen LogP contribution in [0.15, 0.2) is 59.9 Å². The van der Waals surface area contributed by atoms with Crippen LogP contribution >= 0.6 is 11.6 Å². The largest absolute Gasteiger partial charge is 0.327 e. The van der Waals surface area contributed by atoms with Crippen molar-refractivity contribution < 1.29 is 9.59 Å². The van der Waals surface area contributed by atoms with E-state index in [1.54, 1.807) is 24.3 Å². The lowest BCUT2D eigenvalue weighted by atomic mass is 9.86. The second kappa shape index (κ2) is 8.58. The second-order valence-corrected chi connectivity index (χ2v) is 8.39. The molecule has 1 aromatic heterocycles. The Morgan fingerprint density at radius 1 is 1.13 bits per heavy atom. The number of pyridine rings is 1. The zero-order chi connectivity index (χ0) is 21.1. The van der Waals surface area contributed by atoms with Crippen LogP contribution in [0.4, 0.5) is 4.79 Å². The van der Waals surface area contributed by atoms with Gasteiger partial charge in [-0.2, -0.15) is 0 Å². The zero-order valence-electron chi connectivity index (χ0n) is 17.0. The maximum atomic E-state index is 13.3. The minimum atomic E-state index is -0.759. The molecule has 0 unspecified atom stereocenters. The van der Waals surface area contributed by atoms with E-state index in [0.717, 1.165) is 16.2 Å². The lowest BCUT2D eigenvalue weighted by Gasteiger charge is -2.40. The molecule has 2 aromatic rings. The number of rotatable bonds is 5. The van der Waals surface area contributed by atoms with Gasteiger partial charge in [-0.05, 0) is 36.1 Å². The Labute approximate surface area is 181 Å². The Bertz CT molecular complexity index is 940. The molecule has 30 heavy (non-hydrogen) atoms. The first-order valence-electron chi connectivity index (χ1n) is 10.1. The summed E-state index contributed by atoms with van der Waals surface area (Å²) in [4.78, 5) is 35.4. The number of aromatic nitrogens is 1. The minimum Gasteiger partial charge on any atom is -0.312 e. The Hall–Kier alpha value is -2.70. The van der Waals surface area contributed by atoms with Crippen molar-refractivity contribution in [1.82, 2.24) is 19.7 Å². The predicted molar refractivity (Wildman–Crippen MR) is 117 cm³/mol. The molecule has 3 amide bonds. The number of nitrogens with zero attached hydrogens (tertiary/aromatic N) is 4. The van der Waals surface area contributed by atoms with Crippen LogP contribution in [0.25, 0.3) is 6.08 Å². The zero-order valence-corrected chi connectivity index (χ0v) is 17.8. The van der Waals surface area contributed by atoms with E-state index >= 15 is 0 Å². The summed E-state index contributed by atoms with van der Waals surface area (Å²) in [5.41, 5.74) is 1.16. The van der Waals surface area contributed by atoms with Gasteiger partial charge in [0.05, 0.1) is 6.54 Å². The number of likely N-dealkylation sites (tertiary alicyclic amines) is 1. The summed E-state index contributed by atoms with van der Waals surface area (Å²) >= 11 is 6.47. The molecule has 0 saturated carbocycles. The first-order valence-corrected chi connectivity index (χ1v) is 10.5. The van der Waals surface area contributed by atoms with E-state index in [9.17, 15) is 9.59 Å². The van der Waals surface area contributed by atoms with Crippen LogP contribution in [0.1, 0.15) is 24.0 Å². The highest BCUT2D eigenvalue weighted by atomic mass is 35.5. The van der Waals surface area contributed by atoms with Crippen molar-refractivity contribution >= 4 is 29.6 Å². The number of carbonyl (C=O) groups excluding carboxylic acids is 2. The van der Waals surface area contributed by atoms with E-state index in [2.05, 4.69) is 9.88 Å². The number of halogens is 1. The average molecular weight is 425 g/mol. The topological polar surface area (TPSA) is 56.8 Å². The summed E-state index contributed by atoms with van der Waals surface area (Å²) in [7, 11) is 1.74. The van der Waals surface area contributed by atoms with Gasteiger partial charge in [-0.3, -0.25) is 19.6 Å². The van der Waals surface area contributed by atoms with Crippen molar-refractivity contribution in [2.24, 2.45) is 0 Å². The van der Waals surface area contributed by atoms with E-state index in [1.165, 1.54) is 4.90 Å². The van der Waals surface area contributed by atoms with Crippen LogP contribution in [0.5, 0.6) is 0 Å². The summed E-state index contributed by atoms with van der Waals surface area (Å²) in [5, 5.41) is 0.762. The van der Waals surface area contributed by atoms with Crippen molar-refractivity contribution in [3.63, 3.8) is 0 Å². The number of urea groups is 1. The SMILES string of the molecule is CN1C(=O)N(Cc2cccnc2)C(=O)C12CCN(CC(Cl)=Cc1ccccc1)CC2. The van der Waals surface area contributed by atoms with Crippen molar-refractivity contribution in [1.29, 1.82) is 0 Å². The highest BCUT2D eigenvalue weighted by Gasteiger charge is 2.56. The summed E-state index contributed by atoms with van der Waals surface area (Å²) < 4.78 is 0. The summed E-state index contributed by atoms with van der Waals surface area (Å²) in [6, 6.07) is 13.4. The number of carbonyl (C=O) groups is 2. The number of likely N-dealkylation sites (N-methyl/N-ethyl adjacent to an activating group) is 1. The van der Waals surface area contributed by atoms with Gasteiger partial charge in [0.25, 0.3) is 5.91 Å². The van der Waals surface area contributed by atoms with Gasteiger partial charge in [0.2, 0.25) is 0 Å². The standard InChI is InChI=1S/C23H25ClN4O2/c1-26-22(30)28(16-19-8-5-11-25-15-19)21(29)23(26)9-12-27(13-10-23)17-20(24)14-18-6-3-2-4-7-18/h2-8,11,14-15H,9-10,12-13,16-17H2,1H3. The third kappa shape index (κ3) is 3.98. The molecule has 0 aliphatic carbocycles. The Balaban J connectivity index is 1.41. The lowest BCUT2D eigenvalue weighted by Crippen LogP contribution is -2.55. The van der Waals surface area contributed by atoms with Gasteiger partial charge in [0, 0.05) is 44.1 Å². The van der Waals surface area contributed by atoms with E-state index in [0.29, 0.717) is 32.5 Å². The Morgan fingerprint density at radius 2 is 1.87 bits per heavy atom. The molecule has 0 bridgehead atoms. The molecular formula is C23H25ClN4O2. The monoisotopic (exact) mass is 424 g/mol. The molecule has 0 radical (unpaired) electrons.